The zero-order valence-corrected chi connectivity index (χ0v) is 9.80. The number of hydrogen-bond donors (Lipinski definition) is 3. The molecule has 0 aliphatic heterocycles. The molecular weight excluding hydrogens is 249 g/mol. The van der Waals surface area contributed by atoms with Crippen LogP contribution in [0.15, 0.2) is 12.1 Å². The lowest BCUT2D eigenvalue weighted by molar-refractivity contribution is -0.137. The first kappa shape index (κ1) is 14.1. The molecule has 0 aliphatic rings. The van der Waals surface area contributed by atoms with E-state index in [-0.39, 0.29) is 17.5 Å². The van der Waals surface area contributed by atoms with E-state index in [1.807, 2.05) is 0 Å². The number of aromatic nitrogens is 1. The van der Waals surface area contributed by atoms with E-state index in [0.29, 0.717) is 0 Å². The Morgan fingerprint density at radius 1 is 1.44 bits per heavy atom. The van der Waals surface area contributed by atoms with Crippen molar-refractivity contribution in [2.24, 2.45) is 0 Å². The molecule has 0 radical (unpaired) electrons. The van der Waals surface area contributed by atoms with Gasteiger partial charge in [0, 0.05) is 7.05 Å². The molecule has 4 N–H and O–H groups in total. The number of halogens is 3. The first-order valence-electron chi connectivity index (χ1n) is 5.07. The van der Waals surface area contributed by atoms with E-state index < -0.39 is 17.8 Å². The van der Waals surface area contributed by atoms with E-state index in [0.717, 1.165) is 12.1 Å². The fourth-order valence-electron chi connectivity index (χ4n) is 1.29. The molecule has 1 aromatic rings. The molecule has 0 fully saturated rings. The third kappa shape index (κ3) is 3.51. The minimum Gasteiger partial charge on any atom is -0.384 e. The Labute approximate surface area is 102 Å². The van der Waals surface area contributed by atoms with Crippen molar-refractivity contribution < 1.29 is 18.0 Å². The monoisotopic (exact) mass is 262 g/mol. The highest BCUT2D eigenvalue weighted by atomic mass is 19.4. The van der Waals surface area contributed by atoms with Crippen LogP contribution < -0.4 is 16.4 Å². The van der Waals surface area contributed by atoms with Crippen LogP contribution in [-0.4, -0.2) is 24.0 Å². The molecule has 18 heavy (non-hydrogen) atoms. The number of nitrogens with two attached hydrogens (primary N) is 1. The van der Waals surface area contributed by atoms with Crippen molar-refractivity contribution in [2.75, 3.05) is 18.1 Å². The maximum Gasteiger partial charge on any atom is 0.416 e. The van der Waals surface area contributed by atoms with E-state index >= 15 is 0 Å². The number of pyridine rings is 1. The van der Waals surface area contributed by atoms with Gasteiger partial charge in [0.15, 0.2) is 0 Å². The Kier molecular flexibility index (Phi) is 4.00. The van der Waals surface area contributed by atoms with Crippen molar-refractivity contribution in [2.45, 2.75) is 19.1 Å². The average molecular weight is 262 g/mol. The summed E-state index contributed by atoms with van der Waals surface area (Å²) in [5, 5.41) is 4.90. The Morgan fingerprint density at radius 3 is 2.56 bits per heavy atom. The third-order valence-corrected chi connectivity index (χ3v) is 2.18. The number of amides is 1. The van der Waals surface area contributed by atoms with Gasteiger partial charge in [-0.25, -0.2) is 4.98 Å². The van der Waals surface area contributed by atoms with E-state index in [1.165, 1.54) is 14.0 Å². The van der Waals surface area contributed by atoms with Crippen molar-refractivity contribution in [3.05, 3.63) is 17.7 Å². The quantitative estimate of drug-likeness (QED) is 0.765. The topological polar surface area (TPSA) is 80.0 Å². The Balaban J connectivity index is 2.97. The predicted molar refractivity (Wildman–Crippen MR) is 60.8 cm³/mol. The molecule has 1 atom stereocenters. The molecule has 1 heterocycles. The van der Waals surface area contributed by atoms with Gasteiger partial charge in [-0.15, -0.1) is 0 Å². The van der Waals surface area contributed by atoms with Gasteiger partial charge in [-0.1, -0.05) is 0 Å². The second-order valence-electron chi connectivity index (χ2n) is 3.64. The Bertz CT molecular complexity index is 447. The number of nitrogens with zero attached hydrogens (tertiary/aromatic N) is 1. The maximum atomic E-state index is 12.5. The number of carbonyl (C=O) groups is 1. The van der Waals surface area contributed by atoms with Crippen LogP contribution >= 0.6 is 0 Å². The maximum absolute atomic E-state index is 12.5. The first-order chi connectivity index (χ1) is 8.24. The van der Waals surface area contributed by atoms with Crippen molar-refractivity contribution in [1.82, 2.24) is 10.3 Å². The molecule has 0 bridgehead atoms. The van der Waals surface area contributed by atoms with Crippen molar-refractivity contribution >= 4 is 17.5 Å². The van der Waals surface area contributed by atoms with Gasteiger partial charge in [0.25, 0.3) is 0 Å². The second-order valence-corrected chi connectivity index (χ2v) is 3.64. The number of nitrogen functional groups attached to an aromatic ring is 1. The SMILES string of the molecule is CNC(=O)C(C)Nc1cc(C(F)(F)F)cc(N)n1. The lowest BCUT2D eigenvalue weighted by Gasteiger charge is -2.15. The molecular formula is C10H13F3N4O. The van der Waals surface area contributed by atoms with Crippen molar-refractivity contribution in [1.29, 1.82) is 0 Å². The number of hydrogen-bond acceptors (Lipinski definition) is 4. The van der Waals surface area contributed by atoms with Crippen LogP contribution in [0.5, 0.6) is 0 Å². The summed E-state index contributed by atoms with van der Waals surface area (Å²) >= 11 is 0. The van der Waals surface area contributed by atoms with Crippen LogP contribution in [0.3, 0.4) is 0 Å². The summed E-state index contributed by atoms with van der Waals surface area (Å²) in [6, 6.07) is 0.816. The summed E-state index contributed by atoms with van der Waals surface area (Å²) in [4.78, 5) is 14.9. The molecule has 1 aromatic heterocycles. The summed E-state index contributed by atoms with van der Waals surface area (Å²) in [6.07, 6.45) is -4.51. The van der Waals surface area contributed by atoms with Crippen LogP contribution in [0.2, 0.25) is 0 Å². The minimum atomic E-state index is -4.51. The summed E-state index contributed by atoms with van der Waals surface area (Å²) in [5.41, 5.74) is 4.37. The molecule has 1 unspecified atom stereocenters. The van der Waals surface area contributed by atoms with Crippen LogP contribution in [0, 0.1) is 0 Å². The molecule has 0 saturated heterocycles. The van der Waals surface area contributed by atoms with Crippen molar-refractivity contribution in [3.63, 3.8) is 0 Å². The molecule has 8 heteroatoms. The molecule has 100 valence electrons. The molecule has 0 spiro atoms. The zero-order chi connectivity index (χ0) is 13.9. The highest BCUT2D eigenvalue weighted by molar-refractivity contribution is 5.83. The van der Waals surface area contributed by atoms with Crippen LogP contribution in [0.25, 0.3) is 0 Å². The average Bonchev–Trinajstić information content (AvgIpc) is 2.25. The van der Waals surface area contributed by atoms with Crippen LogP contribution in [0.4, 0.5) is 24.8 Å². The standard InChI is InChI=1S/C10H13F3N4O/c1-5(9(18)15-2)16-8-4-6(10(11,12)13)3-7(14)17-8/h3-5H,1-2H3,(H,15,18)(H3,14,16,17). The summed E-state index contributed by atoms with van der Waals surface area (Å²) in [5.74, 6) is -0.734. The van der Waals surface area contributed by atoms with E-state index in [4.69, 9.17) is 5.73 Å². The number of nitrogens with one attached hydrogen (secondary N) is 2. The predicted octanol–water partition coefficient (Wildman–Crippen LogP) is 1.23. The molecule has 0 aliphatic carbocycles. The Morgan fingerprint density at radius 2 is 2.06 bits per heavy atom. The fourth-order valence-corrected chi connectivity index (χ4v) is 1.29. The molecule has 5 nitrogen and oxygen atoms in total. The van der Waals surface area contributed by atoms with E-state index in [9.17, 15) is 18.0 Å². The summed E-state index contributed by atoms with van der Waals surface area (Å²) in [6.45, 7) is 1.50. The minimum absolute atomic E-state index is 0.0987. The van der Waals surface area contributed by atoms with E-state index in [2.05, 4.69) is 15.6 Å². The highest BCUT2D eigenvalue weighted by Crippen LogP contribution is 2.31. The number of likely N-dealkylation sites (N-methyl/N-ethyl adjacent to an activating group) is 1. The fraction of sp³-hybridized carbons (Fsp3) is 0.400. The number of carbonyl (C=O) groups excluding carboxylic acids is 1. The molecule has 1 rings (SSSR count). The zero-order valence-electron chi connectivity index (χ0n) is 9.80. The second kappa shape index (κ2) is 5.11. The van der Waals surface area contributed by atoms with Crippen LogP contribution in [0.1, 0.15) is 12.5 Å². The van der Waals surface area contributed by atoms with Crippen LogP contribution in [-0.2, 0) is 11.0 Å². The lowest BCUT2D eigenvalue weighted by atomic mass is 10.2. The van der Waals surface area contributed by atoms with Gasteiger partial charge in [-0.2, -0.15) is 13.2 Å². The first-order valence-corrected chi connectivity index (χ1v) is 5.07. The van der Waals surface area contributed by atoms with Crippen molar-refractivity contribution in [3.8, 4) is 0 Å². The van der Waals surface area contributed by atoms with Gasteiger partial charge in [-0.3, -0.25) is 4.79 Å². The normalized spacial score (nSPS) is 12.9. The van der Waals surface area contributed by atoms with Gasteiger partial charge in [-0.05, 0) is 19.1 Å². The third-order valence-electron chi connectivity index (χ3n) is 2.18. The van der Waals surface area contributed by atoms with Gasteiger partial charge >= 0.3 is 6.18 Å². The lowest BCUT2D eigenvalue weighted by Crippen LogP contribution is -2.35. The smallest absolute Gasteiger partial charge is 0.384 e. The molecule has 0 aromatic carbocycles. The largest absolute Gasteiger partial charge is 0.416 e. The summed E-state index contributed by atoms with van der Waals surface area (Å²) < 4.78 is 37.6. The van der Waals surface area contributed by atoms with Gasteiger partial charge in [0.1, 0.15) is 17.7 Å². The number of anilines is 2. The summed E-state index contributed by atoms with van der Waals surface area (Å²) in [7, 11) is 1.43. The molecule has 1 amide bonds. The van der Waals surface area contributed by atoms with E-state index in [1.54, 1.807) is 0 Å². The number of rotatable bonds is 3. The molecule has 0 saturated carbocycles. The van der Waals surface area contributed by atoms with Gasteiger partial charge < -0.3 is 16.4 Å². The van der Waals surface area contributed by atoms with Gasteiger partial charge in [0.2, 0.25) is 5.91 Å². The van der Waals surface area contributed by atoms with Gasteiger partial charge in [0.05, 0.1) is 5.56 Å². The number of alkyl halides is 3. The Hall–Kier alpha value is -1.99. The highest BCUT2D eigenvalue weighted by Gasteiger charge is 2.31.